The fourth-order valence-electron chi connectivity index (χ4n) is 2.56. The topological polar surface area (TPSA) is 61.8 Å². The molecular weight excluding hydrogens is 268 g/mol. The van der Waals surface area contributed by atoms with Gasteiger partial charge in [0.15, 0.2) is 0 Å². The largest absolute Gasteiger partial charge is 0.444 e. The minimum atomic E-state index is -0.439. The number of carbonyl (C=O) groups is 1. The lowest BCUT2D eigenvalue weighted by molar-refractivity contribution is 0.0257. The Hall–Kier alpha value is -0.810. The zero-order valence-electron chi connectivity index (χ0n) is 14.0. The molecule has 0 aromatic heterocycles. The van der Waals surface area contributed by atoms with Crippen molar-refractivity contribution < 1.29 is 14.6 Å². The maximum absolute atomic E-state index is 12.0. The molecule has 1 rings (SSSR count). The molecule has 1 fully saturated rings. The first-order valence-corrected chi connectivity index (χ1v) is 8.21. The molecule has 0 bridgehead atoms. The van der Waals surface area contributed by atoms with Gasteiger partial charge < -0.3 is 20.1 Å². The number of hydrogen-bond acceptors (Lipinski definition) is 4. The molecule has 0 atom stereocenters. The van der Waals surface area contributed by atoms with Gasteiger partial charge in [0.2, 0.25) is 0 Å². The summed E-state index contributed by atoms with van der Waals surface area (Å²) < 4.78 is 5.39. The Morgan fingerprint density at radius 2 is 1.90 bits per heavy atom. The molecule has 0 spiro atoms. The molecule has 0 aliphatic heterocycles. The van der Waals surface area contributed by atoms with Crippen LogP contribution in [0, 0.1) is 0 Å². The third-order valence-corrected chi connectivity index (χ3v) is 3.77. The lowest BCUT2D eigenvalue weighted by atomic mass is 9.93. The van der Waals surface area contributed by atoms with E-state index in [1.165, 1.54) is 0 Å². The van der Waals surface area contributed by atoms with E-state index in [0.29, 0.717) is 19.1 Å². The lowest BCUT2D eigenvalue weighted by Crippen LogP contribution is -2.39. The van der Waals surface area contributed by atoms with Crippen molar-refractivity contribution in [2.75, 3.05) is 19.6 Å². The molecule has 0 saturated heterocycles. The average molecular weight is 300 g/mol. The van der Waals surface area contributed by atoms with Crippen LogP contribution in [0.5, 0.6) is 0 Å². The van der Waals surface area contributed by atoms with Gasteiger partial charge >= 0.3 is 6.09 Å². The van der Waals surface area contributed by atoms with Gasteiger partial charge in [0.25, 0.3) is 0 Å². The molecule has 0 unspecified atom stereocenters. The number of aliphatic hydroxyl groups is 1. The first-order chi connectivity index (χ1) is 9.81. The van der Waals surface area contributed by atoms with Crippen molar-refractivity contribution in [3.8, 4) is 0 Å². The highest BCUT2D eigenvalue weighted by molar-refractivity contribution is 5.68. The van der Waals surface area contributed by atoms with Crippen LogP contribution in [-0.2, 0) is 4.74 Å². The Balaban J connectivity index is 2.18. The number of amides is 1. The molecule has 0 heterocycles. The summed E-state index contributed by atoms with van der Waals surface area (Å²) in [5, 5.41) is 13.0. The second-order valence-electron chi connectivity index (χ2n) is 6.87. The Morgan fingerprint density at radius 1 is 1.29 bits per heavy atom. The summed E-state index contributed by atoms with van der Waals surface area (Å²) >= 11 is 0. The summed E-state index contributed by atoms with van der Waals surface area (Å²) in [6.07, 6.45) is 4.48. The molecule has 1 amide bonds. The summed E-state index contributed by atoms with van der Waals surface area (Å²) in [7, 11) is 0. The van der Waals surface area contributed by atoms with Crippen LogP contribution in [0.2, 0.25) is 0 Å². The van der Waals surface area contributed by atoms with Crippen molar-refractivity contribution in [2.24, 2.45) is 0 Å². The van der Waals surface area contributed by atoms with Crippen LogP contribution in [0.3, 0.4) is 0 Å². The van der Waals surface area contributed by atoms with E-state index >= 15 is 0 Å². The third-order valence-electron chi connectivity index (χ3n) is 3.77. The third kappa shape index (κ3) is 7.67. The minimum Gasteiger partial charge on any atom is -0.444 e. The Bertz CT molecular complexity index is 307. The second kappa shape index (κ2) is 8.59. The van der Waals surface area contributed by atoms with E-state index in [1.54, 1.807) is 4.90 Å². The zero-order valence-corrected chi connectivity index (χ0v) is 14.0. The van der Waals surface area contributed by atoms with Crippen LogP contribution in [0.15, 0.2) is 0 Å². The van der Waals surface area contributed by atoms with Gasteiger partial charge in [-0.1, -0.05) is 0 Å². The summed E-state index contributed by atoms with van der Waals surface area (Å²) in [4.78, 5) is 13.7. The molecule has 0 aromatic carbocycles. The van der Waals surface area contributed by atoms with Gasteiger partial charge in [0.05, 0.1) is 6.10 Å². The van der Waals surface area contributed by atoms with Gasteiger partial charge in [-0.2, -0.15) is 0 Å². The molecule has 5 heteroatoms. The molecule has 2 N–H and O–H groups in total. The zero-order chi connectivity index (χ0) is 15.9. The van der Waals surface area contributed by atoms with Gasteiger partial charge in [0.1, 0.15) is 5.60 Å². The highest BCUT2D eigenvalue weighted by Gasteiger charge is 2.21. The van der Waals surface area contributed by atoms with Crippen molar-refractivity contribution in [3.63, 3.8) is 0 Å². The van der Waals surface area contributed by atoms with Crippen LogP contribution in [0.4, 0.5) is 4.79 Å². The molecule has 124 valence electrons. The number of aliphatic hydroxyl groups excluding tert-OH is 1. The second-order valence-corrected chi connectivity index (χ2v) is 6.87. The van der Waals surface area contributed by atoms with E-state index in [1.807, 2.05) is 27.7 Å². The predicted molar refractivity (Wildman–Crippen MR) is 84.4 cm³/mol. The highest BCUT2D eigenvalue weighted by atomic mass is 16.6. The fraction of sp³-hybridized carbons (Fsp3) is 0.938. The molecule has 1 aliphatic carbocycles. The summed E-state index contributed by atoms with van der Waals surface area (Å²) in [6.45, 7) is 9.92. The maximum Gasteiger partial charge on any atom is 0.410 e. The SMILES string of the molecule is CCN(CCCNC1CCC(O)CC1)C(=O)OC(C)(C)C. The molecule has 5 nitrogen and oxygen atoms in total. The molecular formula is C16H32N2O3. The first-order valence-electron chi connectivity index (χ1n) is 8.21. The van der Waals surface area contributed by atoms with E-state index in [9.17, 15) is 9.90 Å². The summed E-state index contributed by atoms with van der Waals surface area (Å²) in [6, 6.07) is 0.519. The van der Waals surface area contributed by atoms with E-state index in [0.717, 1.165) is 38.6 Å². The lowest BCUT2D eigenvalue weighted by Gasteiger charge is -2.28. The molecule has 0 aromatic rings. The van der Waals surface area contributed by atoms with Gasteiger partial charge in [-0.3, -0.25) is 0 Å². The number of nitrogens with one attached hydrogen (secondary N) is 1. The van der Waals surface area contributed by atoms with E-state index in [4.69, 9.17) is 4.74 Å². The van der Waals surface area contributed by atoms with Crippen molar-refractivity contribution in [1.82, 2.24) is 10.2 Å². The molecule has 1 saturated carbocycles. The Kier molecular flexibility index (Phi) is 7.46. The minimum absolute atomic E-state index is 0.106. The average Bonchev–Trinajstić information content (AvgIpc) is 2.38. The summed E-state index contributed by atoms with van der Waals surface area (Å²) in [5.41, 5.74) is -0.439. The van der Waals surface area contributed by atoms with Crippen molar-refractivity contribution in [3.05, 3.63) is 0 Å². The van der Waals surface area contributed by atoms with Crippen molar-refractivity contribution >= 4 is 6.09 Å². The predicted octanol–water partition coefficient (Wildman–Crippen LogP) is 2.53. The van der Waals surface area contributed by atoms with Gasteiger partial charge in [0, 0.05) is 19.1 Å². The van der Waals surface area contributed by atoms with Gasteiger partial charge in [-0.05, 0) is 66.3 Å². The first kappa shape index (κ1) is 18.2. The smallest absolute Gasteiger partial charge is 0.410 e. The normalized spacial score (nSPS) is 22.9. The number of carbonyl (C=O) groups excluding carboxylic acids is 1. The fourth-order valence-corrected chi connectivity index (χ4v) is 2.56. The van der Waals surface area contributed by atoms with E-state index < -0.39 is 5.60 Å². The van der Waals surface area contributed by atoms with Crippen molar-refractivity contribution in [1.29, 1.82) is 0 Å². The number of hydrogen-bond donors (Lipinski definition) is 2. The number of rotatable bonds is 6. The van der Waals surface area contributed by atoms with E-state index in [-0.39, 0.29) is 12.2 Å². The molecule has 21 heavy (non-hydrogen) atoms. The Morgan fingerprint density at radius 3 is 2.43 bits per heavy atom. The van der Waals surface area contributed by atoms with Crippen molar-refractivity contribution in [2.45, 2.75) is 77.5 Å². The van der Waals surface area contributed by atoms with Gasteiger partial charge in [-0.25, -0.2) is 4.79 Å². The molecule has 1 aliphatic rings. The van der Waals surface area contributed by atoms with Crippen LogP contribution >= 0.6 is 0 Å². The van der Waals surface area contributed by atoms with Crippen LogP contribution in [0.1, 0.15) is 59.8 Å². The number of ether oxygens (including phenoxy) is 1. The maximum atomic E-state index is 12.0. The monoisotopic (exact) mass is 300 g/mol. The van der Waals surface area contributed by atoms with E-state index in [2.05, 4.69) is 5.32 Å². The number of nitrogens with zero attached hydrogens (tertiary/aromatic N) is 1. The van der Waals surface area contributed by atoms with Crippen LogP contribution < -0.4 is 5.32 Å². The highest BCUT2D eigenvalue weighted by Crippen LogP contribution is 2.18. The quantitative estimate of drug-likeness (QED) is 0.740. The standard InChI is InChI=1S/C16H32N2O3/c1-5-18(15(20)21-16(2,3)4)12-6-11-17-13-7-9-14(19)10-8-13/h13-14,17,19H,5-12H2,1-4H3. The summed E-state index contributed by atoms with van der Waals surface area (Å²) in [5.74, 6) is 0. The molecule has 0 radical (unpaired) electrons. The van der Waals surface area contributed by atoms with Crippen LogP contribution in [-0.4, -0.2) is 53.5 Å². The van der Waals surface area contributed by atoms with Gasteiger partial charge in [-0.15, -0.1) is 0 Å². The van der Waals surface area contributed by atoms with Crippen LogP contribution in [0.25, 0.3) is 0 Å². The Labute approximate surface area is 129 Å².